The van der Waals surface area contributed by atoms with Crippen molar-refractivity contribution in [3.63, 3.8) is 0 Å². The quantitative estimate of drug-likeness (QED) is 0.498. The number of aromatic amines is 1. The number of H-pyrrole nitrogens is 1. The van der Waals surface area contributed by atoms with Crippen LogP contribution in [0.5, 0.6) is 5.88 Å². The van der Waals surface area contributed by atoms with Crippen molar-refractivity contribution < 1.29 is 23.1 Å². The fourth-order valence-corrected chi connectivity index (χ4v) is 2.75. The Labute approximate surface area is 163 Å². The first kappa shape index (κ1) is 20.4. The lowest BCUT2D eigenvalue weighted by Gasteiger charge is -2.29. The lowest BCUT2D eigenvalue weighted by Crippen LogP contribution is -2.52. The van der Waals surface area contributed by atoms with E-state index >= 15 is 0 Å². The molecule has 154 valence electrons. The number of carbonyl (C=O) groups is 1. The highest BCUT2D eigenvalue weighted by molar-refractivity contribution is 5.95. The summed E-state index contributed by atoms with van der Waals surface area (Å²) in [6.45, 7) is 1.72. The molecule has 0 aromatic carbocycles. The average Bonchev–Trinajstić information content (AvgIpc) is 3.01. The molecule has 0 radical (unpaired) electrons. The van der Waals surface area contributed by atoms with Gasteiger partial charge in [0, 0.05) is 17.8 Å². The molecule has 1 atom stereocenters. The summed E-state index contributed by atoms with van der Waals surface area (Å²) in [6.07, 6.45) is -1.32. The Kier molecular flexibility index (Phi) is 5.31. The number of amides is 1. The van der Waals surface area contributed by atoms with E-state index in [1.807, 2.05) is 5.32 Å². The maximum Gasteiger partial charge on any atom is 0.405 e. The Morgan fingerprint density at radius 2 is 2.00 bits per heavy atom. The summed E-state index contributed by atoms with van der Waals surface area (Å²) in [5.41, 5.74) is -0.552. The van der Waals surface area contributed by atoms with E-state index in [1.165, 1.54) is 19.2 Å². The van der Waals surface area contributed by atoms with Gasteiger partial charge in [-0.15, -0.1) is 0 Å². The number of anilines is 1. The number of halogens is 3. The molecule has 0 fully saturated rings. The number of nitrogens with one attached hydrogen (secondary N) is 3. The lowest BCUT2D eigenvalue weighted by atomic mass is 9.97. The van der Waals surface area contributed by atoms with Crippen LogP contribution in [0, 0.1) is 0 Å². The van der Waals surface area contributed by atoms with E-state index in [1.54, 1.807) is 25.3 Å². The van der Waals surface area contributed by atoms with Crippen molar-refractivity contribution in [3.05, 3.63) is 30.6 Å². The van der Waals surface area contributed by atoms with Gasteiger partial charge in [-0.1, -0.05) is 6.92 Å². The Balaban J connectivity index is 1.88. The predicted octanol–water partition coefficient (Wildman–Crippen LogP) is 2.98. The molecule has 0 saturated heterocycles. The maximum atomic E-state index is 12.4. The SMILES string of the molecule is CCC(C)(Nc1ccnc(-c2c(O)[nH]c3ncccc23)n1)C(=O)NCC(F)(F)F. The number of rotatable bonds is 6. The van der Waals surface area contributed by atoms with E-state index in [-0.39, 0.29) is 23.9 Å². The minimum absolute atomic E-state index is 0.168. The molecule has 0 aliphatic heterocycles. The van der Waals surface area contributed by atoms with Crippen molar-refractivity contribution >= 4 is 22.8 Å². The minimum Gasteiger partial charge on any atom is -0.494 e. The second kappa shape index (κ2) is 7.57. The van der Waals surface area contributed by atoms with Gasteiger partial charge in [0.25, 0.3) is 0 Å². The molecule has 3 aromatic rings. The first-order chi connectivity index (χ1) is 13.6. The third-order valence-electron chi connectivity index (χ3n) is 4.49. The van der Waals surface area contributed by atoms with Gasteiger partial charge in [0.15, 0.2) is 5.82 Å². The third kappa shape index (κ3) is 4.39. The molecule has 0 aliphatic rings. The number of carbonyl (C=O) groups excluding carboxylic acids is 1. The van der Waals surface area contributed by atoms with Gasteiger partial charge < -0.3 is 20.7 Å². The molecule has 0 bridgehead atoms. The van der Waals surface area contributed by atoms with Crippen LogP contribution in [-0.4, -0.2) is 49.2 Å². The number of aromatic nitrogens is 4. The van der Waals surface area contributed by atoms with Crippen molar-refractivity contribution in [2.24, 2.45) is 0 Å². The van der Waals surface area contributed by atoms with Crippen molar-refractivity contribution in [3.8, 4) is 17.3 Å². The molecule has 11 heteroatoms. The van der Waals surface area contributed by atoms with Crippen LogP contribution >= 0.6 is 0 Å². The van der Waals surface area contributed by atoms with Gasteiger partial charge in [-0.25, -0.2) is 15.0 Å². The zero-order valence-electron chi connectivity index (χ0n) is 15.6. The highest BCUT2D eigenvalue weighted by atomic mass is 19.4. The van der Waals surface area contributed by atoms with Crippen molar-refractivity contribution in [1.29, 1.82) is 0 Å². The zero-order chi connectivity index (χ0) is 21.2. The average molecular weight is 408 g/mol. The van der Waals surface area contributed by atoms with Crippen LogP contribution in [0.25, 0.3) is 22.4 Å². The van der Waals surface area contributed by atoms with Crippen LogP contribution in [0.1, 0.15) is 20.3 Å². The Bertz CT molecular complexity index is 1040. The van der Waals surface area contributed by atoms with Gasteiger partial charge in [0.05, 0.1) is 5.56 Å². The molecule has 1 unspecified atom stereocenters. The van der Waals surface area contributed by atoms with Crippen LogP contribution in [-0.2, 0) is 4.79 Å². The topological polar surface area (TPSA) is 116 Å². The van der Waals surface area contributed by atoms with E-state index in [0.717, 1.165) is 0 Å². The van der Waals surface area contributed by atoms with E-state index in [2.05, 4.69) is 25.3 Å². The van der Waals surface area contributed by atoms with Crippen LogP contribution in [0.4, 0.5) is 19.0 Å². The molecular weight excluding hydrogens is 389 g/mol. The number of hydrogen-bond acceptors (Lipinski definition) is 6. The largest absolute Gasteiger partial charge is 0.494 e. The number of hydrogen-bond donors (Lipinski definition) is 4. The molecule has 0 spiro atoms. The third-order valence-corrected chi connectivity index (χ3v) is 4.49. The Morgan fingerprint density at radius 1 is 1.24 bits per heavy atom. The number of alkyl halides is 3. The molecular formula is C18H19F3N6O2. The van der Waals surface area contributed by atoms with E-state index < -0.39 is 24.2 Å². The van der Waals surface area contributed by atoms with Gasteiger partial charge in [-0.3, -0.25) is 4.79 Å². The van der Waals surface area contributed by atoms with Crippen LogP contribution in [0.15, 0.2) is 30.6 Å². The van der Waals surface area contributed by atoms with Gasteiger partial charge >= 0.3 is 6.18 Å². The standard InChI is InChI=1S/C18H19F3N6O2/c1-3-17(2,16(29)24-9-18(19,20)21)27-11-6-8-23-14(25-11)12-10-5-4-7-22-13(10)26-15(12)28/h4-8,28H,3,9H2,1-2H3,(H,22,26)(H,24,29)(H,23,25,27). The summed E-state index contributed by atoms with van der Waals surface area (Å²) in [5.74, 6) is -0.589. The van der Waals surface area contributed by atoms with Crippen LogP contribution in [0.3, 0.4) is 0 Å². The molecule has 3 aromatic heterocycles. The van der Waals surface area contributed by atoms with E-state index in [0.29, 0.717) is 16.6 Å². The normalized spacial score (nSPS) is 13.8. The zero-order valence-corrected chi connectivity index (χ0v) is 15.6. The van der Waals surface area contributed by atoms with Crippen molar-refractivity contribution in [2.75, 3.05) is 11.9 Å². The molecule has 29 heavy (non-hydrogen) atoms. The molecule has 3 rings (SSSR count). The van der Waals surface area contributed by atoms with Gasteiger partial charge in [0.1, 0.15) is 23.5 Å². The molecule has 4 N–H and O–H groups in total. The molecule has 1 amide bonds. The summed E-state index contributed by atoms with van der Waals surface area (Å²) in [5, 5.41) is 15.6. The highest BCUT2D eigenvalue weighted by Crippen LogP contribution is 2.34. The molecule has 3 heterocycles. The van der Waals surface area contributed by atoms with Crippen LogP contribution < -0.4 is 10.6 Å². The van der Waals surface area contributed by atoms with E-state index in [4.69, 9.17) is 0 Å². The summed E-state index contributed by atoms with van der Waals surface area (Å²) in [7, 11) is 0. The van der Waals surface area contributed by atoms with Gasteiger partial charge in [-0.2, -0.15) is 13.2 Å². The maximum absolute atomic E-state index is 12.4. The van der Waals surface area contributed by atoms with Crippen molar-refractivity contribution in [1.82, 2.24) is 25.3 Å². The second-order valence-electron chi connectivity index (χ2n) is 6.62. The number of pyridine rings is 1. The number of nitrogens with zero attached hydrogens (tertiary/aromatic N) is 3. The fourth-order valence-electron chi connectivity index (χ4n) is 2.75. The monoisotopic (exact) mass is 408 g/mol. The Morgan fingerprint density at radius 3 is 2.69 bits per heavy atom. The number of fused-ring (bicyclic) bond motifs is 1. The lowest BCUT2D eigenvalue weighted by molar-refractivity contribution is -0.140. The summed E-state index contributed by atoms with van der Waals surface area (Å²) >= 11 is 0. The predicted molar refractivity (Wildman–Crippen MR) is 100 cm³/mol. The smallest absolute Gasteiger partial charge is 0.405 e. The first-order valence-corrected chi connectivity index (χ1v) is 8.75. The highest BCUT2D eigenvalue weighted by Gasteiger charge is 2.35. The minimum atomic E-state index is -4.51. The molecule has 0 aliphatic carbocycles. The van der Waals surface area contributed by atoms with Gasteiger partial charge in [-0.05, 0) is 31.5 Å². The van der Waals surface area contributed by atoms with E-state index in [9.17, 15) is 23.1 Å². The van der Waals surface area contributed by atoms with Crippen molar-refractivity contribution in [2.45, 2.75) is 32.0 Å². The fraction of sp³-hybridized carbons (Fsp3) is 0.333. The summed E-state index contributed by atoms with van der Waals surface area (Å²) in [6, 6.07) is 4.91. The first-order valence-electron chi connectivity index (χ1n) is 8.75. The van der Waals surface area contributed by atoms with Gasteiger partial charge in [0.2, 0.25) is 11.8 Å². The van der Waals surface area contributed by atoms with Crippen LogP contribution in [0.2, 0.25) is 0 Å². The Hall–Kier alpha value is -3.37. The molecule has 0 saturated carbocycles. The second-order valence-corrected chi connectivity index (χ2v) is 6.62. The number of aromatic hydroxyl groups is 1. The summed E-state index contributed by atoms with van der Waals surface area (Å²) < 4.78 is 37.3. The summed E-state index contributed by atoms with van der Waals surface area (Å²) in [4.78, 5) is 27.6. The molecule has 8 nitrogen and oxygen atoms in total.